The normalized spacial score (nSPS) is 9.88. The largest absolute Gasteiger partial charge is 0.346 e. The minimum absolute atomic E-state index is 0.0932. The van der Waals surface area contributed by atoms with Gasteiger partial charge in [0.15, 0.2) is 0 Å². The molecule has 1 aromatic carbocycles. The Kier molecular flexibility index (Phi) is 4.53. The minimum atomic E-state index is -0.220. The van der Waals surface area contributed by atoms with Crippen LogP contribution in [0.4, 0.5) is 0 Å². The molecule has 0 aromatic heterocycles. The van der Waals surface area contributed by atoms with Crippen molar-refractivity contribution in [1.82, 2.24) is 5.32 Å². The number of carbonyl (C=O) groups excluding carboxylic acids is 1. The molecule has 1 amide bonds. The Morgan fingerprint density at radius 2 is 2.00 bits per heavy atom. The van der Waals surface area contributed by atoms with Gasteiger partial charge in [0.2, 0.25) is 0 Å². The van der Waals surface area contributed by atoms with E-state index in [1.165, 1.54) is 5.56 Å². The van der Waals surface area contributed by atoms with E-state index in [9.17, 15) is 4.79 Å². The molecule has 1 rings (SSSR count). The number of nitrogens with zero attached hydrogens (tertiary/aromatic N) is 1. The van der Waals surface area contributed by atoms with Crippen LogP contribution in [-0.2, 0) is 11.3 Å². The summed E-state index contributed by atoms with van der Waals surface area (Å²) in [6.45, 7) is 11.2. The molecule has 0 atom stereocenters. The Morgan fingerprint density at radius 3 is 2.50 bits per heavy atom. The summed E-state index contributed by atoms with van der Waals surface area (Å²) in [6.07, 6.45) is 0. The van der Waals surface area contributed by atoms with Crippen molar-refractivity contribution in [2.45, 2.75) is 26.3 Å². The van der Waals surface area contributed by atoms with Crippen molar-refractivity contribution < 1.29 is 4.79 Å². The summed E-state index contributed by atoms with van der Waals surface area (Å²) in [5, 5.41) is 2.70. The molecule has 3 nitrogen and oxygen atoms in total. The number of rotatable bonds is 4. The van der Waals surface area contributed by atoms with Crippen LogP contribution < -0.4 is 5.32 Å². The van der Waals surface area contributed by atoms with E-state index in [-0.39, 0.29) is 12.5 Å². The zero-order chi connectivity index (χ0) is 12.0. The van der Waals surface area contributed by atoms with Crippen LogP contribution in [0.15, 0.2) is 24.3 Å². The summed E-state index contributed by atoms with van der Waals surface area (Å²) in [5.41, 5.74) is 2.35. The van der Waals surface area contributed by atoms with Crippen LogP contribution in [-0.4, -0.2) is 12.5 Å². The highest BCUT2D eigenvalue weighted by Crippen LogP contribution is 2.14. The Hall–Kier alpha value is -1.82. The quantitative estimate of drug-likeness (QED) is 0.770. The molecule has 0 saturated heterocycles. The van der Waals surface area contributed by atoms with Crippen LogP contribution in [0.2, 0.25) is 0 Å². The highest BCUT2D eigenvalue weighted by atomic mass is 16.1. The lowest BCUT2D eigenvalue weighted by molar-refractivity contribution is -0.119. The van der Waals surface area contributed by atoms with Crippen molar-refractivity contribution in [3.63, 3.8) is 0 Å². The maximum absolute atomic E-state index is 11.1. The molecule has 0 aliphatic carbocycles. The standard InChI is InChI=1S/C13H16N2O/c1-10(2)12-6-4-11(5-7-12)8-15-13(16)9-14-3/h4-7,10H,8-9H2,1-2H3,(H,15,16). The van der Waals surface area contributed by atoms with Gasteiger partial charge >= 0.3 is 0 Å². The van der Waals surface area contributed by atoms with Crippen LogP contribution in [0.1, 0.15) is 30.9 Å². The first-order chi connectivity index (χ1) is 7.63. The van der Waals surface area contributed by atoms with E-state index in [0.29, 0.717) is 12.5 Å². The third kappa shape index (κ3) is 3.74. The van der Waals surface area contributed by atoms with E-state index < -0.39 is 0 Å². The molecule has 0 aliphatic rings. The Balaban J connectivity index is 2.50. The molecule has 0 fully saturated rings. The number of benzene rings is 1. The minimum Gasteiger partial charge on any atom is -0.346 e. The third-order valence-electron chi connectivity index (χ3n) is 2.36. The van der Waals surface area contributed by atoms with Gasteiger partial charge in [-0.15, -0.1) is 0 Å². The zero-order valence-corrected chi connectivity index (χ0v) is 9.66. The van der Waals surface area contributed by atoms with E-state index in [1.54, 1.807) is 0 Å². The van der Waals surface area contributed by atoms with Crippen molar-refractivity contribution in [3.8, 4) is 0 Å². The van der Waals surface area contributed by atoms with Gasteiger partial charge in [-0.25, -0.2) is 6.57 Å². The van der Waals surface area contributed by atoms with Gasteiger partial charge in [0.1, 0.15) is 0 Å². The molecular weight excluding hydrogens is 200 g/mol. The first kappa shape index (κ1) is 12.3. The lowest BCUT2D eigenvalue weighted by Gasteiger charge is -2.07. The fourth-order valence-corrected chi connectivity index (χ4v) is 1.35. The van der Waals surface area contributed by atoms with Gasteiger partial charge in [-0.2, -0.15) is 0 Å². The molecule has 0 spiro atoms. The molecule has 0 bridgehead atoms. The second-order valence-electron chi connectivity index (χ2n) is 3.99. The molecule has 84 valence electrons. The predicted molar refractivity (Wildman–Crippen MR) is 63.8 cm³/mol. The zero-order valence-electron chi connectivity index (χ0n) is 9.66. The molecule has 1 N–H and O–H groups in total. The van der Waals surface area contributed by atoms with E-state index in [0.717, 1.165) is 5.56 Å². The maximum Gasteiger partial charge on any atom is 0.300 e. The van der Waals surface area contributed by atoms with E-state index in [1.807, 2.05) is 12.1 Å². The molecule has 16 heavy (non-hydrogen) atoms. The number of amides is 1. The molecule has 3 heteroatoms. The first-order valence-electron chi connectivity index (χ1n) is 5.32. The van der Waals surface area contributed by atoms with Crippen molar-refractivity contribution in [2.24, 2.45) is 0 Å². The molecule has 0 saturated carbocycles. The summed E-state index contributed by atoms with van der Waals surface area (Å²) < 4.78 is 0. The van der Waals surface area contributed by atoms with E-state index in [4.69, 9.17) is 6.57 Å². The van der Waals surface area contributed by atoms with Gasteiger partial charge < -0.3 is 10.2 Å². The summed E-state index contributed by atoms with van der Waals surface area (Å²) in [7, 11) is 0. The van der Waals surface area contributed by atoms with Gasteiger partial charge in [-0.05, 0) is 17.0 Å². The van der Waals surface area contributed by atoms with Crippen LogP contribution in [0.5, 0.6) is 0 Å². The molecule has 0 radical (unpaired) electrons. The molecule has 0 heterocycles. The van der Waals surface area contributed by atoms with Crippen LogP contribution in [0.3, 0.4) is 0 Å². The second kappa shape index (κ2) is 5.92. The third-order valence-corrected chi connectivity index (χ3v) is 2.36. The number of nitrogens with one attached hydrogen (secondary N) is 1. The van der Waals surface area contributed by atoms with Gasteiger partial charge in [0, 0.05) is 6.54 Å². The lowest BCUT2D eigenvalue weighted by atomic mass is 10.0. The topological polar surface area (TPSA) is 33.5 Å². The van der Waals surface area contributed by atoms with Crippen molar-refractivity contribution >= 4 is 5.91 Å². The van der Waals surface area contributed by atoms with Crippen LogP contribution in [0.25, 0.3) is 4.85 Å². The lowest BCUT2D eigenvalue weighted by Crippen LogP contribution is -2.24. The number of carbonyl (C=O) groups is 1. The first-order valence-corrected chi connectivity index (χ1v) is 5.32. The fourth-order valence-electron chi connectivity index (χ4n) is 1.35. The maximum atomic E-state index is 11.1. The van der Waals surface area contributed by atoms with Gasteiger partial charge in [-0.1, -0.05) is 38.1 Å². The van der Waals surface area contributed by atoms with Crippen molar-refractivity contribution in [2.75, 3.05) is 6.54 Å². The van der Waals surface area contributed by atoms with Crippen molar-refractivity contribution in [1.29, 1.82) is 0 Å². The summed E-state index contributed by atoms with van der Waals surface area (Å²) in [6, 6.07) is 8.16. The van der Waals surface area contributed by atoms with E-state index >= 15 is 0 Å². The average molecular weight is 216 g/mol. The highest BCUT2D eigenvalue weighted by Gasteiger charge is 2.03. The Labute approximate surface area is 96.3 Å². The molecule has 1 aromatic rings. The Morgan fingerprint density at radius 1 is 1.38 bits per heavy atom. The van der Waals surface area contributed by atoms with Crippen LogP contribution in [0, 0.1) is 6.57 Å². The predicted octanol–water partition coefficient (Wildman–Crippen LogP) is 2.35. The molecule has 0 unspecified atom stereocenters. The Bertz CT molecular complexity index is 387. The average Bonchev–Trinajstić information content (AvgIpc) is 2.27. The summed E-state index contributed by atoms with van der Waals surface area (Å²) in [5.74, 6) is 0.300. The summed E-state index contributed by atoms with van der Waals surface area (Å²) >= 11 is 0. The summed E-state index contributed by atoms with van der Waals surface area (Å²) in [4.78, 5) is 14.1. The second-order valence-corrected chi connectivity index (χ2v) is 3.99. The monoisotopic (exact) mass is 216 g/mol. The van der Waals surface area contributed by atoms with Crippen molar-refractivity contribution in [3.05, 3.63) is 46.8 Å². The molecule has 0 aliphatic heterocycles. The van der Waals surface area contributed by atoms with E-state index in [2.05, 4.69) is 36.1 Å². The smallest absolute Gasteiger partial charge is 0.300 e. The van der Waals surface area contributed by atoms with Gasteiger partial charge in [-0.3, -0.25) is 4.79 Å². The fraction of sp³-hybridized carbons (Fsp3) is 0.385. The number of hydrogen-bond acceptors (Lipinski definition) is 1. The number of hydrogen-bond donors (Lipinski definition) is 1. The van der Waals surface area contributed by atoms with Crippen LogP contribution >= 0.6 is 0 Å². The van der Waals surface area contributed by atoms with Gasteiger partial charge in [0.05, 0.1) is 0 Å². The molecular formula is C13H16N2O. The SMILES string of the molecule is [C-]#[N+]CC(=O)NCc1ccc(C(C)C)cc1. The highest BCUT2D eigenvalue weighted by molar-refractivity contribution is 5.79. The van der Waals surface area contributed by atoms with Gasteiger partial charge in [0.25, 0.3) is 12.5 Å².